The average molecular weight is 545 g/mol. The highest BCUT2D eigenvalue weighted by Crippen LogP contribution is 2.44. The molecule has 11 nitrogen and oxygen atoms in total. The molecule has 0 bridgehead atoms. The van der Waals surface area contributed by atoms with Gasteiger partial charge >= 0.3 is 5.97 Å². The standard InChI is InChI=1S/C28H40N4O7/c1-3-4-9-31(10-5-12-33)25(35)16-32-15-21(19-13-20(17-34)27-23(14-19)38-18-39-27)26(28(36)37)22(32)6-7-24-29-8-11-30(24)2/h8,11,13-14,21-22,26,33-34H,3-7,9-10,12,15-18H2,1-2H3,(H,36,37)/t21-,22+,26-/m1/s1. The van der Waals surface area contributed by atoms with Gasteiger partial charge < -0.3 is 34.3 Å². The van der Waals surface area contributed by atoms with Gasteiger partial charge in [-0.05, 0) is 37.0 Å². The number of carboxylic acid groups (broad SMARTS) is 1. The minimum atomic E-state index is -0.925. The lowest BCUT2D eigenvalue weighted by atomic mass is 9.83. The number of aliphatic carboxylic acids is 1. The van der Waals surface area contributed by atoms with Crippen molar-refractivity contribution in [3.8, 4) is 11.5 Å². The summed E-state index contributed by atoms with van der Waals surface area (Å²) in [6.07, 6.45) is 6.98. The summed E-state index contributed by atoms with van der Waals surface area (Å²) >= 11 is 0. The van der Waals surface area contributed by atoms with Gasteiger partial charge in [-0.15, -0.1) is 0 Å². The first-order valence-electron chi connectivity index (χ1n) is 13.7. The summed E-state index contributed by atoms with van der Waals surface area (Å²) < 4.78 is 13.0. The van der Waals surface area contributed by atoms with Crippen LogP contribution in [0.5, 0.6) is 11.5 Å². The predicted molar refractivity (Wildman–Crippen MR) is 142 cm³/mol. The number of carbonyl (C=O) groups is 2. The third kappa shape index (κ3) is 6.54. The molecule has 0 aliphatic carbocycles. The van der Waals surface area contributed by atoms with Gasteiger partial charge in [-0.1, -0.05) is 13.3 Å². The van der Waals surface area contributed by atoms with Crippen LogP contribution < -0.4 is 9.47 Å². The number of aliphatic hydroxyl groups excluding tert-OH is 2. The van der Waals surface area contributed by atoms with Gasteiger partial charge in [0.1, 0.15) is 5.82 Å². The molecular formula is C28H40N4O7. The van der Waals surface area contributed by atoms with E-state index in [-0.39, 0.29) is 32.5 Å². The van der Waals surface area contributed by atoms with Gasteiger partial charge in [0, 0.05) is 69.6 Å². The Bertz CT molecular complexity index is 1130. The van der Waals surface area contributed by atoms with Gasteiger partial charge in [0.05, 0.1) is 19.1 Å². The molecule has 4 rings (SSSR count). The number of imidazole rings is 1. The monoisotopic (exact) mass is 544 g/mol. The molecule has 2 aliphatic rings. The lowest BCUT2D eigenvalue weighted by Gasteiger charge is -2.29. The lowest BCUT2D eigenvalue weighted by molar-refractivity contribution is -0.143. The molecule has 1 aromatic heterocycles. The molecule has 0 unspecified atom stereocenters. The first-order chi connectivity index (χ1) is 18.9. The number of carbonyl (C=O) groups excluding carboxylic acids is 1. The Balaban J connectivity index is 1.64. The van der Waals surface area contributed by atoms with E-state index in [1.165, 1.54) is 0 Å². The van der Waals surface area contributed by atoms with Crippen LogP contribution in [0.25, 0.3) is 0 Å². The molecule has 0 spiro atoms. The van der Waals surface area contributed by atoms with Crippen molar-refractivity contribution in [2.24, 2.45) is 13.0 Å². The highest BCUT2D eigenvalue weighted by molar-refractivity contribution is 5.79. The molecule has 11 heteroatoms. The molecule has 1 fully saturated rings. The van der Waals surface area contributed by atoms with E-state index in [4.69, 9.17) is 9.47 Å². The lowest BCUT2D eigenvalue weighted by Crippen LogP contribution is -2.45. The van der Waals surface area contributed by atoms with Crippen LogP contribution in [0.3, 0.4) is 0 Å². The van der Waals surface area contributed by atoms with Crippen LogP contribution in [0.2, 0.25) is 0 Å². The number of fused-ring (bicyclic) bond motifs is 1. The Hall–Kier alpha value is -3.15. The maximum absolute atomic E-state index is 13.5. The number of aryl methyl sites for hydroxylation is 2. The van der Waals surface area contributed by atoms with E-state index in [1.54, 1.807) is 23.2 Å². The fourth-order valence-corrected chi connectivity index (χ4v) is 5.79. The topological polar surface area (TPSA) is 138 Å². The van der Waals surface area contributed by atoms with Crippen molar-refractivity contribution in [2.45, 2.75) is 57.6 Å². The van der Waals surface area contributed by atoms with Gasteiger partial charge in [-0.2, -0.15) is 0 Å². The SMILES string of the molecule is CCCCN(CCCO)C(=O)CN1C[C@H](c2cc(CO)c3c(c2)OCO3)[C@@H](C(=O)O)[C@@H]1CCc1nccn1C. The van der Waals surface area contributed by atoms with Gasteiger partial charge in [-0.3, -0.25) is 14.5 Å². The summed E-state index contributed by atoms with van der Waals surface area (Å²) in [5, 5.41) is 29.7. The second kappa shape index (κ2) is 13.3. The molecule has 2 aromatic rings. The van der Waals surface area contributed by atoms with E-state index in [2.05, 4.69) is 11.9 Å². The number of ether oxygens (including phenoxy) is 2. The smallest absolute Gasteiger partial charge is 0.308 e. The van der Waals surface area contributed by atoms with Crippen molar-refractivity contribution in [1.29, 1.82) is 0 Å². The van der Waals surface area contributed by atoms with Gasteiger partial charge in [0.25, 0.3) is 0 Å². The van der Waals surface area contributed by atoms with E-state index < -0.39 is 23.8 Å². The molecule has 2 aliphatic heterocycles. The van der Waals surface area contributed by atoms with Gasteiger partial charge in [-0.25, -0.2) is 4.98 Å². The number of likely N-dealkylation sites (tertiary alicyclic amines) is 1. The van der Waals surface area contributed by atoms with Crippen molar-refractivity contribution in [1.82, 2.24) is 19.4 Å². The fourth-order valence-electron chi connectivity index (χ4n) is 5.79. The number of hydrogen-bond acceptors (Lipinski definition) is 8. The summed E-state index contributed by atoms with van der Waals surface area (Å²) in [4.78, 5) is 34.5. The molecule has 1 saturated heterocycles. The first kappa shape index (κ1) is 28.8. The Morgan fingerprint density at radius 1 is 1.18 bits per heavy atom. The van der Waals surface area contributed by atoms with Crippen LogP contribution in [-0.4, -0.2) is 92.2 Å². The molecule has 1 aromatic carbocycles. The maximum atomic E-state index is 13.5. The van der Waals surface area contributed by atoms with Crippen LogP contribution in [0, 0.1) is 5.92 Å². The quantitative estimate of drug-likeness (QED) is 0.325. The van der Waals surface area contributed by atoms with Crippen molar-refractivity contribution in [2.75, 3.05) is 39.6 Å². The Morgan fingerprint density at radius 2 is 1.97 bits per heavy atom. The summed E-state index contributed by atoms with van der Waals surface area (Å²) in [6.45, 7) is 3.41. The Kier molecular flexibility index (Phi) is 9.82. The summed E-state index contributed by atoms with van der Waals surface area (Å²) in [5.74, 6) is -0.340. The third-order valence-electron chi connectivity index (χ3n) is 7.85. The molecule has 0 radical (unpaired) electrons. The predicted octanol–water partition coefficient (Wildman–Crippen LogP) is 1.75. The van der Waals surface area contributed by atoms with E-state index >= 15 is 0 Å². The van der Waals surface area contributed by atoms with Crippen LogP contribution in [0.15, 0.2) is 24.5 Å². The first-order valence-corrected chi connectivity index (χ1v) is 13.7. The van der Waals surface area contributed by atoms with Crippen molar-refractivity contribution < 1.29 is 34.4 Å². The second-order valence-electron chi connectivity index (χ2n) is 10.3. The van der Waals surface area contributed by atoms with Gasteiger partial charge in [0.2, 0.25) is 12.7 Å². The Morgan fingerprint density at radius 3 is 2.64 bits per heavy atom. The van der Waals surface area contributed by atoms with Crippen LogP contribution in [0.1, 0.15) is 55.5 Å². The minimum Gasteiger partial charge on any atom is -0.481 e. The molecule has 3 N–H and O–H groups in total. The number of hydrogen-bond donors (Lipinski definition) is 3. The number of nitrogens with zero attached hydrogens (tertiary/aromatic N) is 4. The summed E-state index contributed by atoms with van der Waals surface area (Å²) in [7, 11) is 1.91. The van der Waals surface area contributed by atoms with Crippen LogP contribution >= 0.6 is 0 Å². The number of rotatable bonds is 14. The second-order valence-corrected chi connectivity index (χ2v) is 10.3. The molecular weight excluding hydrogens is 504 g/mol. The number of aromatic nitrogens is 2. The van der Waals surface area contributed by atoms with Crippen molar-refractivity contribution in [3.05, 3.63) is 41.5 Å². The minimum absolute atomic E-state index is 0.00633. The van der Waals surface area contributed by atoms with Gasteiger partial charge in [0.15, 0.2) is 11.5 Å². The number of unbranched alkanes of at least 4 members (excludes halogenated alkanes) is 1. The van der Waals surface area contributed by atoms with Crippen molar-refractivity contribution >= 4 is 11.9 Å². The maximum Gasteiger partial charge on any atom is 0.308 e. The number of amides is 1. The third-order valence-corrected chi connectivity index (χ3v) is 7.85. The zero-order valence-electron chi connectivity index (χ0n) is 22.8. The molecule has 3 heterocycles. The number of aliphatic hydroxyl groups is 2. The molecule has 39 heavy (non-hydrogen) atoms. The summed E-state index contributed by atoms with van der Waals surface area (Å²) in [6, 6.07) is 3.20. The fraction of sp³-hybridized carbons (Fsp3) is 0.607. The normalized spacial score (nSPS) is 20.5. The highest BCUT2D eigenvalue weighted by atomic mass is 16.7. The van der Waals surface area contributed by atoms with Crippen molar-refractivity contribution in [3.63, 3.8) is 0 Å². The zero-order chi connectivity index (χ0) is 27.9. The molecule has 1 amide bonds. The van der Waals surface area contributed by atoms with Crippen LogP contribution in [-0.2, 0) is 29.7 Å². The van der Waals surface area contributed by atoms with E-state index in [1.807, 2.05) is 22.7 Å². The Labute approximate surface area is 229 Å². The average Bonchev–Trinajstić information content (AvgIpc) is 3.65. The largest absolute Gasteiger partial charge is 0.481 e. The van der Waals surface area contributed by atoms with E-state index in [0.29, 0.717) is 56.0 Å². The van der Waals surface area contributed by atoms with Crippen LogP contribution in [0.4, 0.5) is 0 Å². The zero-order valence-corrected chi connectivity index (χ0v) is 22.8. The molecule has 214 valence electrons. The molecule has 3 atom stereocenters. The molecule has 0 saturated carbocycles. The highest BCUT2D eigenvalue weighted by Gasteiger charge is 2.47. The summed E-state index contributed by atoms with van der Waals surface area (Å²) in [5.41, 5.74) is 1.30. The van der Waals surface area contributed by atoms with E-state index in [9.17, 15) is 24.9 Å². The number of carboxylic acids is 1. The van der Waals surface area contributed by atoms with E-state index in [0.717, 1.165) is 24.2 Å². The number of benzene rings is 1.